The summed E-state index contributed by atoms with van der Waals surface area (Å²) in [5.74, 6) is 0.207. The first-order chi connectivity index (χ1) is 22.4. The zero-order chi connectivity index (χ0) is 33.7. The molecular formula is C34H31BrF3N5O3S. The first-order valence-corrected chi connectivity index (χ1v) is 16.6. The number of hydrogen-bond donors (Lipinski definition) is 0. The van der Waals surface area contributed by atoms with Crippen molar-refractivity contribution in [3.8, 4) is 22.8 Å². The van der Waals surface area contributed by atoms with Gasteiger partial charge in [0.2, 0.25) is 11.8 Å². The molecule has 0 atom stereocenters. The number of benzene rings is 3. The monoisotopic (exact) mass is 725 g/mol. The zero-order valence-corrected chi connectivity index (χ0v) is 28.2. The molecule has 1 saturated heterocycles. The number of thioether (sulfide) groups is 1. The van der Waals surface area contributed by atoms with Crippen LogP contribution in [0.15, 0.2) is 82.5 Å². The van der Waals surface area contributed by atoms with E-state index in [1.807, 2.05) is 55.5 Å². The summed E-state index contributed by atoms with van der Waals surface area (Å²) in [7, 11) is 0. The first-order valence-electron chi connectivity index (χ1n) is 14.8. The van der Waals surface area contributed by atoms with E-state index in [1.165, 1.54) is 47.0 Å². The highest BCUT2D eigenvalue weighted by Crippen LogP contribution is 2.34. The Bertz CT molecular complexity index is 1840. The second-order valence-electron chi connectivity index (χ2n) is 11.1. The number of carbonyl (C=O) groups excluding carboxylic acids is 2. The number of carbonyl (C=O) groups is 2. The van der Waals surface area contributed by atoms with Gasteiger partial charge in [0.25, 0.3) is 0 Å². The lowest BCUT2D eigenvalue weighted by atomic mass is 9.99. The molecular weight excluding hydrogens is 695 g/mol. The van der Waals surface area contributed by atoms with Gasteiger partial charge in [0.05, 0.1) is 17.1 Å². The number of nitrogens with zero attached hydrogens (tertiary/aromatic N) is 5. The molecule has 0 N–H and O–H groups in total. The number of rotatable bonds is 10. The van der Waals surface area contributed by atoms with Crippen LogP contribution in [0, 0.1) is 6.92 Å². The Balaban J connectivity index is 1.19. The van der Waals surface area contributed by atoms with Crippen molar-refractivity contribution in [3.63, 3.8) is 0 Å². The number of hydrogen-bond acceptors (Lipinski definition) is 6. The summed E-state index contributed by atoms with van der Waals surface area (Å²) in [6, 6.07) is 18.9. The van der Waals surface area contributed by atoms with Crippen molar-refractivity contribution in [2.75, 3.05) is 10.7 Å². The highest BCUT2D eigenvalue weighted by molar-refractivity contribution is 9.11. The summed E-state index contributed by atoms with van der Waals surface area (Å²) in [5.41, 5.74) is 5.01. The van der Waals surface area contributed by atoms with Crippen LogP contribution in [0.1, 0.15) is 55.7 Å². The van der Waals surface area contributed by atoms with Gasteiger partial charge in [-0.25, -0.2) is 9.67 Å². The second kappa shape index (κ2) is 14.7. The van der Waals surface area contributed by atoms with Crippen molar-refractivity contribution in [3.05, 3.63) is 94.2 Å². The third kappa shape index (κ3) is 8.98. The number of allylic oxidation sites excluding steroid dienone is 1. The van der Waals surface area contributed by atoms with Crippen molar-refractivity contribution in [2.45, 2.75) is 52.3 Å². The van der Waals surface area contributed by atoms with Crippen LogP contribution in [-0.4, -0.2) is 43.9 Å². The molecule has 0 bridgehead atoms. The van der Waals surface area contributed by atoms with Crippen LogP contribution in [-0.2, 0) is 9.59 Å². The number of anilines is 1. The van der Waals surface area contributed by atoms with Crippen LogP contribution >= 0.6 is 27.7 Å². The Hall–Kier alpha value is -4.23. The maximum absolute atomic E-state index is 12.8. The van der Waals surface area contributed by atoms with Gasteiger partial charge in [-0.2, -0.15) is 4.99 Å². The van der Waals surface area contributed by atoms with Crippen molar-refractivity contribution < 1.29 is 27.5 Å². The minimum atomic E-state index is -4.76. The van der Waals surface area contributed by atoms with E-state index >= 15 is 0 Å². The van der Waals surface area contributed by atoms with Crippen molar-refractivity contribution >= 4 is 56.4 Å². The molecule has 3 aromatic carbocycles. The smallest absolute Gasteiger partial charge is 0.406 e. The lowest BCUT2D eigenvalue weighted by Gasteiger charge is -2.22. The molecule has 5 rings (SSSR count). The van der Waals surface area contributed by atoms with Crippen LogP contribution in [0.5, 0.6) is 5.75 Å². The predicted octanol–water partition coefficient (Wildman–Crippen LogP) is 8.83. The highest BCUT2D eigenvalue weighted by atomic mass is 79.9. The van der Waals surface area contributed by atoms with Crippen LogP contribution in [0.25, 0.3) is 23.2 Å². The molecule has 13 heteroatoms. The predicted molar refractivity (Wildman–Crippen MR) is 182 cm³/mol. The van der Waals surface area contributed by atoms with Crippen LogP contribution < -0.4 is 9.64 Å². The summed E-state index contributed by atoms with van der Waals surface area (Å²) < 4.78 is 43.6. The Labute approximate surface area is 282 Å². The molecule has 0 unspecified atom stereocenters. The van der Waals surface area contributed by atoms with E-state index in [9.17, 15) is 22.8 Å². The fourth-order valence-electron chi connectivity index (χ4n) is 4.93. The fraction of sp³-hybridized carbons (Fsp3) is 0.265. The standard InChI is InChI=1S/C34H31BrF3N5O3S/c1-21(2)28-15-10-22(3)16-29(28)43-31(45)19-47-33(43)40-30(44)9-5-8-25(35)18-23-6-4-7-24(17-23)32-39-20-42(41-32)26-11-13-27(14-12-26)46-34(36,37)38/h4,6-7,10-18,20-21H,5,8-9,19H2,1-3H3/b25-18+,40-33?. The Morgan fingerprint density at radius 2 is 1.87 bits per heavy atom. The molecule has 1 aromatic heterocycles. The molecule has 0 aliphatic carbocycles. The third-order valence-corrected chi connectivity index (χ3v) is 8.68. The van der Waals surface area contributed by atoms with Crippen LogP contribution in [0.4, 0.5) is 18.9 Å². The van der Waals surface area contributed by atoms with Crippen LogP contribution in [0.2, 0.25) is 0 Å². The average Bonchev–Trinajstić information content (AvgIpc) is 3.64. The summed E-state index contributed by atoms with van der Waals surface area (Å²) in [6.45, 7) is 6.12. The number of alkyl halides is 3. The van der Waals surface area contributed by atoms with Crippen molar-refractivity contribution in [1.82, 2.24) is 14.8 Å². The quantitative estimate of drug-likeness (QED) is 0.162. The van der Waals surface area contributed by atoms with Gasteiger partial charge in [-0.1, -0.05) is 71.9 Å². The lowest BCUT2D eigenvalue weighted by Crippen LogP contribution is -2.31. The number of aromatic nitrogens is 3. The number of halogens is 4. The molecule has 0 saturated carbocycles. The molecule has 4 aromatic rings. The maximum Gasteiger partial charge on any atom is 0.573 e. The summed E-state index contributed by atoms with van der Waals surface area (Å²) in [4.78, 5) is 35.9. The van der Waals surface area contributed by atoms with Gasteiger partial charge in [0.15, 0.2) is 11.0 Å². The van der Waals surface area contributed by atoms with E-state index < -0.39 is 6.36 Å². The van der Waals surface area contributed by atoms with Gasteiger partial charge in [-0.3, -0.25) is 14.5 Å². The molecule has 1 aliphatic heterocycles. The largest absolute Gasteiger partial charge is 0.573 e. The number of aliphatic imine (C=N–C) groups is 1. The third-order valence-electron chi connectivity index (χ3n) is 7.14. The molecule has 1 fully saturated rings. The Morgan fingerprint density at radius 1 is 1.11 bits per heavy atom. The average molecular weight is 727 g/mol. The molecule has 1 aliphatic rings. The van der Waals surface area contributed by atoms with Gasteiger partial charge in [0, 0.05) is 12.0 Å². The number of amides is 2. The van der Waals surface area contributed by atoms with Gasteiger partial charge in [-0.05, 0) is 89.3 Å². The van der Waals surface area contributed by atoms with Gasteiger partial charge in [0.1, 0.15) is 12.1 Å². The van der Waals surface area contributed by atoms with Gasteiger partial charge < -0.3 is 4.74 Å². The summed E-state index contributed by atoms with van der Waals surface area (Å²) >= 11 is 4.89. The van der Waals surface area contributed by atoms with E-state index in [1.54, 1.807) is 4.90 Å². The van der Waals surface area contributed by atoms with E-state index in [2.05, 4.69) is 49.6 Å². The number of amidine groups is 1. The SMILES string of the molecule is Cc1ccc(C(C)C)c(N2C(=O)CSC2=NC(=O)CCC/C(Br)=C\c2cccc(-c3ncn(-c4ccc(OC(F)(F)F)cc4)n3)c2)c1. The topological polar surface area (TPSA) is 89.7 Å². The molecule has 2 heterocycles. The highest BCUT2D eigenvalue weighted by Gasteiger charge is 2.33. The van der Waals surface area contributed by atoms with E-state index in [0.717, 1.165) is 32.4 Å². The molecule has 244 valence electrons. The Morgan fingerprint density at radius 3 is 2.60 bits per heavy atom. The molecule has 8 nitrogen and oxygen atoms in total. The first kappa shape index (κ1) is 34.1. The summed E-state index contributed by atoms with van der Waals surface area (Å²) in [6.07, 6.45) is 0.0666. The minimum Gasteiger partial charge on any atom is -0.406 e. The lowest BCUT2D eigenvalue weighted by molar-refractivity contribution is -0.274. The molecule has 47 heavy (non-hydrogen) atoms. The second-order valence-corrected chi connectivity index (χ2v) is 13.1. The fourth-order valence-corrected chi connectivity index (χ4v) is 6.35. The molecule has 0 radical (unpaired) electrons. The van der Waals surface area contributed by atoms with E-state index in [4.69, 9.17) is 0 Å². The minimum absolute atomic E-state index is 0.0856. The summed E-state index contributed by atoms with van der Waals surface area (Å²) in [5, 5.41) is 4.89. The van der Waals surface area contributed by atoms with Crippen molar-refractivity contribution in [1.29, 1.82) is 0 Å². The van der Waals surface area contributed by atoms with E-state index in [-0.39, 0.29) is 35.7 Å². The van der Waals surface area contributed by atoms with Crippen LogP contribution in [0.3, 0.4) is 0 Å². The molecule has 2 amide bonds. The number of aryl methyl sites for hydroxylation is 1. The van der Waals surface area contributed by atoms with Gasteiger partial charge >= 0.3 is 6.36 Å². The maximum atomic E-state index is 12.8. The normalized spacial score (nSPS) is 14.8. The number of ether oxygens (including phenoxy) is 1. The van der Waals surface area contributed by atoms with Crippen molar-refractivity contribution in [2.24, 2.45) is 4.99 Å². The zero-order valence-electron chi connectivity index (χ0n) is 25.8. The van der Waals surface area contributed by atoms with Gasteiger partial charge in [-0.15, -0.1) is 18.3 Å². The molecule has 0 spiro atoms. The van der Waals surface area contributed by atoms with E-state index in [0.29, 0.717) is 29.5 Å². The Kier molecular flexibility index (Phi) is 10.7.